The third kappa shape index (κ3) is 3.06. The molecule has 4 aliphatic rings. The number of carbonyl (C=O) groups excluding carboxylic acids is 1. The van der Waals surface area contributed by atoms with Crippen molar-refractivity contribution < 1.29 is 9.90 Å². The number of hydrogen-bond acceptors (Lipinski definition) is 4. The van der Waals surface area contributed by atoms with Crippen molar-refractivity contribution in [3.05, 3.63) is 24.3 Å². The fourth-order valence-electron chi connectivity index (χ4n) is 4.45. The molecular weight excluding hydrogens is 344 g/mol. The number of hydrogen-bond donors (Lipinski definition) is 2. The fourth-order valence-corrected chi connectivity index (χ4v) is 6.24. The van der Waals surface area contributed by atoms with E-state index < -0.39 is 0 Å². The van der Waals surface area contributed by atoms with Crippen LogP contribution in [0.5, 0.6) is 0 Å². The Balaban J connectivity index is 0.00000169. The molecule has 0 aromatic carbocycles. The van der Waals surface area contributed by atoms with Crippen molar-refractivity contribution >= 4 is 35.8 Å². The molecule has 0 aromatic heterocycles. The van der Waals surface area contributed by atoms with Gasteiger partial charge in [-0.2, -0.15) is 0 Å². The van der Waals surface area contributed by atoms with Crippen LogP contribution in [0.1, 0.15) is 32.1 Å². The zero-order valence-corrected chi connectivity index (χ0v) is 15.3. The van der Waals surface area contributed by atoms with Crippen molar-refractivity contribution in [2.45, 2.75) is 49.0 Å². The number of aliphatic imine (C=N–C) groups is 1. The molecule has 1 saturated heterocycles. The van der Waals surface area contributed by atoms with E-state index in [1.807, 2.05) is 17.8 Å². The van der Waals surface area contributed by atoms with E-state index in [2.05, 4.69) is 23.5 Å². The summed E-state index contributed by atoms with van der Waals surface area (Å²) in [5.74, 6) is 1.53. The van der Waals surface area contributed by atoms with Gasteiger partial charge < -0.3 is 10.4 Å². The molecule has 2 aliphatic heterocycles. The van der Waals surface area contributed by atoms with Gasteiger partial charge in [-0.1, -0.05) is 18.2 Å². The highest BCUT2D eigenvalue weighted by Gasteiger charge is 2.54. The monoisotopic (exact) mass is 368 g/mol. The van der Waals surface area contributed by atoms with Crippen LogP contribution in [0.4, 0.5) is 0 Å². The molecule has 0 bridgehead atoms. The zero-order chi connectivity index (χ0) is 15.9. The lowest BCUT2D eigenvalue weighted by atomic mass is 9.74. The summed E-state index contributed by atoms with van der Waals surface area (Å²) < 4.78 is -0.0717. The van der Waals surface area contributed by atoms with Crippen molar-refractivity contribution in [3.8, 4) is 0 Å². The van der Waals surface area contributed by atoms with Crippen LogP contribution in [0, 0.1) is 11.8 Å². The van der Waals surface area contributed by atoms with Crippen molar-refractivity contribution in [2.75, 3.05) is 12.3 Å². The lowest BCUT2D eigenvalue weighted by Gasteiger charge is -2.38. The molecule has 2 N–H and O–H groups in total. The summed E-state index contributed by atoms with van der Waals surface area (Å²) >= 11 is 1.89. The Morgan fingerprint density at radius 1 is 1.25 bits per heavy atom. The van der Waals surface area contributed by atoms with E-state index in [9.17, 15) is 9.90 Å². The largest absolute Gasteiger partial charge is 0.393 e. The second-order valence-electron chi connectivity index (χ2n) is 7.11. The second kappa shape index (κ2) is 7.22. The summed E-state index contributed by atoms with van der Waals surface area (Å²) in [5, 5.41) is 12.9. The van der Waals surface area contributed by atoms with E-state index in [0.717, 1.165) is 50.1 Å². The molecule has 2 fully saturated rings. The molecule has 24 heavy (non-hydrogen) atoms. The van der Waals surface area contributed by atoms with Gasteiger partial charge in [0.2, 0.25) is 5.91 Å². The first-order valence-corrected chi connectivity index (χ1v) is 9.71. The number of thioether (sulfide) groups is 1. The molecule has 132 valence electrons. The van der Waals surface area contributed by atoms with Crippen molar-refractivity contribution in [1.29, 1.82) is 0 Å². The Morgan fingerprint density at radius 2 is 2.04 bits per heavy atom. The minimum atomic E-state index is -0.176. The topological polar surface area (TPSA) is 61.7 Å². The van der Waals surface area contributed by atoms with Crippen LogP contribution in [-0.2, 0) is 4.79 Å². The smallest absolute Gasteiger partial charge is 0.224 e. The van der Waals surface area contributed by atoms with Gasteiger partial charge >= 0.3 is 0 Å². The summed E-state index contributed by atoms with van der Waals surface area (Å²) in [6, 6.07) is 0.242. The number of halogens is 1. The van der Waals surface area contributed by atoms with E-state index >= 15 is 0 Å². The predicted molar refractivity (Wildman–Crippen MR) is 101 cm³/mol. The quantitative estimate of drug-likeness (QED) is 0.787. The number of amides is 1. The first-order valence-electron chi connectivity index (χ1n) is 8.72. The van der Waals surface area contributed by atoms with Crippen molar-refractivity contribution in [3.63, 3.8) is 0 Å². The van der Waals surface area contributed by atoms with E-state index in [1.54, 1.807) is 0 Å². The maximum absolute atomic E-state index is 12.9. The molecule has 1 spiro atoms. The number of rotatable bonds is 2. The van der Waals surface area contributed by atoms with Gasteiger partial charge in [0.15, 0.2) is 0 Å². The molecule has 2 heterocycles. The highest BCUT2D eigenvalue weighted by molar-refractivity contribution is 8.02. The van der Waals surface area contributed by atoms with Crippen molar-refractivity contribution in [2.24, 2.45) is 16.8 Å². The summed E-state index contributed by atoms with van der Waals surface area (Å²) in [4.78, 5) is 17.6. The lowest BCUT2D eigenvalue weighted by Crippen LogP contribution is -2.48. The summed E-state index contributed by atoms with van der Waals surface area (Å²) in [7, 11) is 0. The molecule has 1 saturated carbocycles. The number of aliphatic hydroxyl groups excluding tert-OH is 1. The average Bonchev–Trinajstić information content (AvgIpc) is 2.95. The molecule has 1 amide bonds. The number of nitrogens with one attached hydrogen (secondary N) is 1. The van der Waals surface area contributed by atoms with Gasteiger partial charge in [-0.3, -0.25) is 9.79 Å². The van der Waals surface area contributed by atoms with Crippen LogP contribution in [0.15, 0.2) is 29.3 Å². The van der Waals surface area contributed by atoms with Gasteiger partial charge in [-0.05, 0) is 44.1 Å². The summed E-state index contributed by atoms with van der Waals surface area (Å²) in [6.45, 7) is 0.833. The first-order chi connectivity index (χ1) is 11.2. The molecule has 4 nitrogen and oxygen atoms in total. The number of carbonyl (C=O) groups is 1. The van der Waals surface area contributed by atoms with Gasteiger partial charge in [-0.25, -0.2) is 0 Å². The van der Waals surface area contributed by atoms with Crippen molar-refractivity contribution in [1.82, 2.24) is 5.32 Å². The molecule has 0 aromatic rings. The van der Waals surface area contributed by atoms with Gasteiger partial charge in [0.25, 0.3) is 0 Å². The second-order valence-corrected chi connectivity index (χ2v) is 8.40. The summed E-state index contributed by atoms with van der Waals surface area (Å²) in [6.07, 6.45) is 12.8. The van der Waals surface area contributed by atoms with Gasteiger partial charge in [0.05, 0.1) is 22.5 Å². The molecule has 6 heteroatoms. The standard InChI is InChI=1S/C18H24N2O2S.ClH/c21-13-6-4-12(5-7-13)20-17(22)14-11-23-18-9-2-1-3-16(18)19-10-8-15(14)18;/h1-3,9,12-15,21H,4-8,10-11H2,(H,20,22);1H/t12-,13-,14?,15?,18?;. The summed E-state index contributed by atoms with van der Waals surface area (Å²) in [5.41, 5.74) is 1.15. The van der Waals surface area contributed by atoms with Gasteiger partial charge in [0.1, 0.15) is 0 Å². The fraction of sp³-hybridized carbons (Fsp3) is 0.667. The van der Waals surface area contributed by atoms with Crippen LogP contribution < -0.4 is 5.32 Å². The highest BCUT2D eigenvalue weighted by Crippen LogP contribution is 2.52. The van der Waals surface area contributed by atoms with E-state index in [4.69, 9.17) is 4.99 Å². The first kappa shape index (κ1) is 18.0. The predicted octanol–water partition coefficient (Wildman–Crippen LogP) is 2.52. The van der Waals surface area contributed by atoms with Crippen LogP contribution in [0.25, 0.3) is 0 Å². The zero-order valence-electron chi connectivity index (χ0n) is 13.7. The number of aliphatic hydroxyl groups is 1. The van der Waals surface area contributed by atoms with Crippen LogP contribution in [-0.4, -0.2) is 45.9 Å². The minimum Gasteiger partial charge on any atom is -0.393 e. The number of allylic oxidation sites excluding steroid dienone is 3. The number of nitrogens with zero attached hydrogens (tertiary/aromatic N) is 1. The highest BCUT2D eigenvalue weighted by atomic mass is 35.5. The molecule has 0 radical (unpaired) electrons. The molecule has 3 atom stereocenters. The van der Waals surface area contributed by atoms with Crippen LogP contribution >= 0.6 is 24.2 Å². The maximum Gasteiger partial charge on any atom is 0.224 e. The Kier molecular flexibility index (Phi) is 5.42. The SMILES string of the molecule is Cl.O=C(N[C@H]1CC[C@H](O)CC1)C1CSC23C=CC=CC2=NCCC13. The molecule has 3 unspecified atom stereocenters. The van der Waals surface area contributed by atoms with E-state index in [-0.39, 0.29) is 41.1 Å². The Hall–Kier alpha value is -0.780. The van der Waals surface area contributed by atoms with Gasteiger partial charge in [-0.15, -0.1) is 24.2 Å². The average molecular weight is 369 g/mol. The minimum absolute atomic E-state index is 0. The molecule has 4 rings (SSSR count). The van der Waals surface area contributed by atoms with Gasteiger partial charge in [0, 0.05) is 18.3 Å². The normalized spacial score (nSPS) is 40.1. The van der Waals surface area contributed by atoms with E-state index in [1.165, 1.54) is 0 Å². The Labute approximate surface area is 153 Å². The lowest BCUT2D eigenvalue weighted by molar-refractivity contribution is -0.126. The third-order valence-electron chi connectivity index (χ3n) is 5.75. The molecule has 2 aliphatic carbocycles. The van der Waals surface area contributed by atoms with Crippen LogP contribution in [0.2, 0.25) is 0 Å². The van der Waals surface area contributed by atoms with Crippen LogP contribution in [0.3, 0.4) is 0 Å². The van der Waals surface area contributed by atoms with E-state index in [0.29, 0.717) is 5.92 Å². The third-order valence-corrected chi connectivity index (χ3v) is 7.40. The Bertz CT molecular complexity index is 584. The Morgan fingerprint density at radius 3 is 2.83 bits per heavy atom. The maximum atomic E-state index is 12.9. The molecular formula is C18H25ClN2O2S.